The molecule has 1 aliphatic rings. The maximum Gasteiger partial charge on any atom is 0.215 e. The quantitative estimate of drug-likeness (QED) is 0.642. The average molecular weight is 440 g/mol. The zero-order chi connectivity index (χ0) is 23.7. The molecule has 0 unspecified atom stereocenters. The summed E-state index contributed by atoms with van der Waals surface area (Å²) in [4.78, 5) is 15.0. The third kappa shape index (κ3) is 5.15. The van der Waals surface area contributed by atoms with Gasteiger partial charge in [0.2, 0.25) is 5.97 Å². The highest BCUT2D eigenvalue weighted by Crippen LogP contribution is 2.34. The summed E-state index contributed by atoms with van der Waals surface area (Å²) < 4.78 is 14.0. The fourth-order valence-corrected chi connectivity index (χ4v) is 4.81. The Balaban J connectivity index is 1.83. The highest BCUT2D eigenvalue weighted by atomic mass is 19.1. The summed E-state index contributed by atoms with van der Waals surface area (Å²) in [5, 5.41) is 14.3. The van der Waals surface area contributed by atoms with Crippen LogP contribution in [0.4, 0.5) is 10.2 Å². The molecule has 0 amide bonds. The van der Waals surface area contributed by atoms with E-state index in [4.69, 9.17) is 0 Å². The van der Waals surface area contributed by atoms with Crippen molar-refractivity contribution in [3.63, 3.8) is 0 Å². The van der Waals surface area contributed by atoms with Crippen LogP contribution in [0.3, 0.4) is 0 Å². The number of aromatic hydroxyl groups is 1. The first-order valence-electron chi connectivity index (χ1n) is 10.9. The predicted octanol–water partition coefficient (Wildman–Crippen LogP) is 5.00. The summed E-state index contributed by atoms with van der Waals surface area (Å²) in [6, 6.07) is 5.33. The lowest BCUT2D eigenvalue weighted by atomic mass is 9.79. The molecule has 2 heterocycles. The molecule has 1 aromatic carbocycles. The number of anilines is 1. The first-order chi connectivity index (χ1) is 15.0. The van der Waals surface area contributed by atoms with Crippen molar-refractivity contribution in [1.29, 1.82) is 0 Å². The fourth-order valence-electron chi connectivity index (χ4n) is 4.81. The molecular formula is C25H34FN5O. The minimum absolute atomic E-state index is 0.0167. The second-order valence-electron chi connectivity index (χ2n) is 9.77. The first-order valence-corrected chi connectivity index (χ1v) is 10.9. The number of hydrogen-bond acceptors (Lipinski definition) is 6. The number of phenols is 1. The van der Waals surface area contributed by atoms with E-state index in [1.165, 1.54) is 13.1 Å². The number of piperidine rings is 1. The molecule has 7 heteroatoms. The molecule has 0 saturated carbocycles. The van der Waals surface area contributed by atoms with Crippen LogP contribution in [-0.4, -0.2) is 52.3 Å². The number of aromatic nitrogens is 2. The Bertz CT molecular complexity index is 1010. The van der Waals surface area contributed by atoms with Gasteiger partial charge in [0.15, 0.2) is 0 Å². The van der Waals surface area contributed by atoms with Gasteiger partial charge >= 0.3 is 0 Å². The van der Waals surface area contributed by atoms with E-state index < -0.39 is 5.97 Å². The van der Waals surface area contributed by atoms with Crippen LogP contribution in [-0.2, 0) is 0 Å². The monoisotopic (exact) mass is 439 g/mol. The van der Waals surface area contributed by atoms with Crippen LogP contribution in [0, 0.1) is 0 Å². The summed E-state index contributed by atoms with van der Waals surface area (Å²) in [5.74, 6) is 0.236. The Morgan fingerprint density at radius 1 is 1.19 bits per heavy atom. The third-order valence-corrected chi connectivity index (χ3v) is 6.01. The van der Waals surface area contributed by atoms with Gasteiger partial charge in [0.1, 0.15) is 11.6 Å². The van der Waals surface area contributed by atoms with Crippen molar-refractivity contribution in [1.82, 2.24) is 15.3 Å². The van der Waals surface area contributed by atoms with Gasteiger partial charge in [-0.1, -0.05) is 12.1 Å². The largest absolute Gasteiger partial charge is 0.507 e. The van der Waals surface area contributed by atoms with Crippen LogP contribution in [0.5, 0.6) is 5.75 Å². The lowest BCUT2D eigenvalue weighted by Crippen LogP contribution is -2.62. The fraction of sp³-hybridized carbons (Fsp3) is 0.480. The summed E-state index contributed by atoms with van der Waals surface area (Å²) in [6.07, 6.45) is 7.05. The lowest BCUT2D eigenvalue weighted by Gasteiger charge is -2.49. The molecule has 0 bridgehead atoms. The summed E-state index contributed by atoms with van der Waals surface area (Å²) in [5.41, 5.74) is 2.07. The average Bonchev–Trinajstić information content (AvgIpc) is 2.71. The maximum absolute atomic E-state index is 14.0. The van der Waals surface area contributed by atoms with Gasteiger partial charge in [-0.15, -0.1) is 0 Å². The van der Waals surface area contributed by atoms with Gasteiger partial charge in [-0.25, -0.2) is 4.98 Å². The van der Waals surface area contributed by atoms with E-state index in [2.05, 4.69) is 59.9 Å². The van der Waals surface area contributed by atoms with Crippen LogP contribution < -0.4 is 10.2 Å². The standard InChI is InChI=1S/C25H34FN5O/c1-8-18(23(26)27-6)16-9-10-19(21(32)11-16)20-14-29-22(15-28-20)31(7)17-12-24(2,3)30-25(4,5)13-17/h8-11,14-15,17,30,32H,12-13H2,1-7H3/b18-8-,27-23?. The van der Waals surface area contributed by atoms with Gasteiger partial charge in [-0.2, -0.15) is 4.39 Å². The van der Waals surface area contributed by atoms with Gasteiger partial charge in [-0.05, 0) is 65.2 Å². The van der Waals surface area contributed by atoms with Gasteiger partial charge < -0.3 is 15.3 Å². The Morgan fingerprint density at radius 2 is 1.84 bits per heavy atom. The highest BCUT2D eigenvalue weighted by molar-refractivity contribution is 6.19. The van der Waals surface area contributed by atoms with Crippen molar-refractivity contribution < 1.29 is 9.50 Å². The van der Waals surface area contributed by atoms with Crippen molar-refractivity contribution in [3.05, 3.63) is 42.2 Å². The molecule has 0 radical (unpaired) electrons. The van der Waals surface area contributed by atoms with Crippen molar-refractivity contribution in [2.45, 2.75) is 64.6 Å². The Hall–Kier alpha value is -2.80. The van der Waals surface area contributed by atoms with E-state index in [0.29, 0.717) is 28.4 Å². The van der Waals surface area contributed by atoms with Crippen LogP contribution in [0.15, 0.2) is 41.7 Å². The third-order valence-electron chi connectivity index (χ3n) is 6.01. The molecule has 1 aromatic heterocycles. The molecule has 2 N–H and O–H groups in total. The van der Waals surface area contributed by atoms with E-state index in [1.54, 1.807) is 37.5 Å². The van der Waals surface area contributed by atoms with E-state index in [1.807, 2.05) is 0 Å². The SMILES string of the molecule is C/C=C(\C(F)=NC)c1ccc(-c2cnc(N(C)C3CC(C)(C)NC(C)(C)C3)cn2)c(O)c1. The zero-order valence-electron chi connectivity index (χ0n) is 20.1. The minimum atomic E-state index is -0.573. The smallest absolute Gasteiger partial charge is 0.215 e. The molecule has 0 aliphatic carbocycles. The lowest BCUT2D eigenvalue weighted by molar-refractivity contribution is 0.160. The summed E-state index contributed by atoms with van der Waals surface area (Å²) in [7, 11) is 3.45. The highest BCUT2D eigenvalue weighted by Gasteiger charge is 2.39. The van der Waals surface area contributed by atoms with Crippen molar-refractivity contribution in [2.24, 2.45) is 4.99 Å². The van der Waals surface area contributed by atoms with E-state index in [-0.39, 0.29) is 16.8 Å². The molecule has 1 aliphatic heterocycles. The maximum atomic E-state index is 14.0. The molecule has 1 saturated heterocycles. The molecule has 0 atom stereocenters. The van der Waals surface area contributed by atoms with Gasteiger partial charge in [0, 0.05) is 42.4 Å². The van der Waals surface area contributed by atoms with Gasteiger partial charge in [0.05, 0.1) is 18.1 Å². The molecule has 2 aromatic rings. The Labute approximate surface area is 190 Å². The molecular weight excluding hydrogens is 405 g/mol. The Kier molecular flexibility index (Phi) is 6.69. The second-order valence-corrected chi connectivity index (χ2v) is 9.77. The summed E-state index contributed by atoms with van der Waals surface area (Å²) >= 11 is 0. The molecule has 6 nitrogen and oxygen atoms in total. The van der Waals surface area contributed by atoms with E-state index >= 15 is 0 Å². The number of benzene rings is 1. The number of hydrogen-bond donors (Lipinski definition) is 2. The minimum Gasteiger partial charge on any atom is -0.507 e. The molecule has 1 fully saturated rings. The van der Waals surface area contributed by atoms with Crippen molar-refractivity contribution in [2.75, 3.05) is 19.0 Å². The molecule has 3 rings (SSSR count). The number of nitrogens with one attached hydrogen (secondary N) is 1. The number of aliphatic imine (C=N–C) groups is 1. The number of allylic oxidation sites excluding steroid dienone is 2. The van der Waals surface area contributed by atoms with Gasteiger partial charge in [-0.3, -0.25) is 9.98 Å². The molecule has 0 spiro atoms. The van der Waals surface area contributed by atoms with E-state index in [0.717, 1.165) is 18.7 Å². The Morgan fingerprint density at radius 3 is 2.34 bits per heavy atom. The van der Waals surface area contributed by atoms with Crippen LogP contribution >= 0.6 is 0 Å². The number of phenolic OH excluding ortho intramolecular Hbond substituents is 1. The second kappa shape index (κ2) is 8.98. The van der Waals surface area contributed by atoms with Crippen molar-refractivity contribution >= 4 is 17.4 Å². The van der Waals surface area contributed by atoms with Crippen molar-refractivity contribution in [3.8, 4) is 17.0 Å². The number of nitrogens with zero attached hydrogens (tertiary/aromatic N) is 4. The number of rotatable bonds is 5. The first kappa shape index (κ1) is 23.9. The summed E-state index contributed by atoms with van der Waals surface area (Å²) in [6.45, 7) is 10.7. The normalized spacial score (nSPS) is 19.1. The van der Waals surface area contributed by atoms with Crippen LogP contribution in [0.1, 0.15) is 53.0 Å². The topological polar surface area (TPSA) is 73.6 Å². The zero-order valence-corrected chi connectivity index (χ0v) is 20.1. The number of halogens is 1. The molecule has 32 heavy (non-hydrogen) atoms. The van der Waals surface area contributed by atoms with Crippen LogP contribution in [0.25, 0.3) is 16.8 Å². The van der Waals surface area contributed by atoms with Gasteiger partial charge in [0.25, 0.3) is 0 Å². The van der Waals surface area contributed by atoms with Crippen LogP contribution in [0.2, 0.25) is 0 Å². The molecule has 172 valence electrons. The van der Waals surface area contributed by atoms with E-state index in [9.17, 15) is 9.50 Å². The predicted molar refractivity (Wildman–Crippen MR) is 130 cm³/mol.